The Hall–Kier alpha value is -0.900. The molecule has 0 saturated carbocycles. The summed E-state index contributed by atoms with van der Waals surface area (Å²) < 4.78 is 0. The molecule has 0 aromatic heterocycles. The summed E-state index contributed by atoms with van der Waals surface area (Å²) in [6.45, 7) is 5.60. The molecule has 0 fully saturated rings. The molecule has 1 heterocycles. The van der Waals surface area contributed by atoms with Crippen molar-refractivity contribution in [3.05, 3.63) is 35.4 Å². The number of fused-ring (bicyclic) bond motifs is 1. The molecular weight excluding hydrogens is 236 g/mol. The van der Waals surface area contributed by atoms with E-state index in [0.29, 0.717) is 6.54 Å². The van der Waals surface area contributed by atoms with Crippen LogP contribution in [-0.2, 0) is 13.0 Å². The maximum Gasteiger partial charge on any atom is 0.0767 e. The fourth-order valence-electron chi connectivity index (χ4n) is 2.80. The second kappa shape index (κ2) is 6.51. The Morgan fingerprint density at radius 1 is 1.32 bits per heavy atom. The average molecular weight is 262 g/mol. The second-order valence-corrected chi connectivity index (χ2v) is 5.68. The Labute approximate surface area is 116 Å². The van der Waals surface area contributed by atoms with Gasteiger partial charge in [-0.25, -0.2) is 0 Å². The molecule has 1 aliphatic heterocycles. The Balaban J connectivity index is 1.80. The Kier molecular flexibility index (Phi) is 4.97. The second-order valence-electron chi connectivity index (χ2n) is 5.68. The van der Waals surface area contributed by atoms with Crippen molar-refractivity contribution in [1.29, 1.82) is 0 Å². The van der Waals surface area contributed by atoms with Gasteiger partial charge in [0.25, 0.3) is 0 Å². The topological polar surface area (TPSA) is 49.5 Å². The van der Waals surface area contributed by atoms with Crippen LogP contribution >= 0.6 is 0 Å². The molecular formula is C16H26N2O. The predicted octanol–water partition coefficient (Wildman–Crippen LogP) is 1.92. The van der Waals surface area contributed by atoms with E-state index < -0.39 is 5.60 Å². The summed E-state index contributed by atoms with van der Waals surface area (Å²) >= 11 is 0. The van der Waals surface area contributed by atoms with Crippen LogP contribution in [0.1, 0.15) is 37.3 Å². The molecule has 0 amide bonds. The van der Waals surface area contributed by atoms with E-state index >= 15 is 0 Å². The van der Waals surface area contributed by atoms with Crippen LogP contribution in [0.2, 0.25) is 0 Å². The third kappa shape index (κ3) is 3.78. The summed E-state index contributed by atoms with van der Waals surface area (Å²) in [4.78, 5) is 2.48. The van der Waals surface area contributed by atoms with Crippen molar-refractivity contribution >= 4 is 0 Å². The quantitative estimate of drug-likeness (QED) is 0.823. The monoisotopic (exact) mass is 262 g/mol. The third-order valence-electron chi connectivity index (χ3n) is 4.36. The van der Waals surface area contributed by atoms with Gasteiger partial charge in [-0.05, 0) is 43.4 Å². The lowest BCUT2D eigenvalue weighted by molar-refractivity contribution is 0.0312. The maximum atomic E-state index is 10.2. The molecule has 0 aliphatic carbocycles. The van der Waals surface area contributed by atoms with Crippen LogP contribution < -0.4 is 5.73 Å². The summed E-state index contributed by atoms with van der Waals surface area (Å²) in [7, 11) is 0. The number of hydrogen-bond donors (Lipinski definition) is 2. The Morgan fingerprint density at radius 2 is 2.05 bits per heavy atom. The minimum atomic E-state index is -0.659. The molecule has 1 aliphatic rings. The van der Waals surface area contributed by atoms with Gasteiger partial charge in [-0.2, -0.15) is 0 Å². The number of rotatable bonds is 6. The highest BCUT2D eigenvalue weighted by Crippen LogP contribution is 2.20. The number of benzene rings is 1. The largest absolute Gasteiger partial charge is 0.389 e. The summed E-state index contributed by atoms with van der Waals surface area (Å²) in [5, 5.41) is 10.2. The van der Waals surface area contributed by atoms with E-state index in [4.69, 9.17) is 5.73 Å². The van der Waals surface area contributed by atoms with E-state index in [1.54, 1.807) is 0 Å². The van der Waals surface area contributed by atoms with Crippen LogP contribution in [0, 0.1) is 0 Å². The first-order chi connectivity index (χ1) is 9.17. The van der Waals surface area contributed by atoms with Crippen LogP contribution in [0.3, 0.4) is 0 Å². The van der Waals surface area contributed by atoms with Gasteiger partial charge in [0.1, 0.15) is 0 Å². The van der Waals surface area contributed by atoms with Gasteiger partial charge in [0, 0.05) is 19.6 Å². The zero-order valence-corrected chi connectivity index (χ0v) is 11.9. The first-order valence-corrected chi connectivity index (χ1v) is 7.38. The van der Waals surface area contributed by atoms with Crippen LogP contribution in [0.5, 0.6) is 0 Å². The smallest absolute Gasteiger partial charge is 0.0767 e. The highest BCUT2D eigenvalue weighted by molar-refractivity contribution is 5.28. The molecule has 3 heteroatoms. The molecule has 1 atom stereocenters. The van der Waals surface area contributed by atoms with Gasteiger partial charge in [-0.15, -0.1) is 0 Å². The summed E-state index contributed by atoms with van der Waals surface area (Å²) in [6, 6.07) is 8.70. The molecule has 0 spiro atoms. The summed E-state index contributed by atoms with van der Waals surface area (Å²) in [5.41, 5.74) is 7.93. The van der Waals surface area contributed by atoms with Crippen molar-refractivity contribution in [3.63, 3.8) is 0 Å². The van der Waals surface area contributed by atoms with Crippen molar-refractivity contribution in [1.82, 2.24) is 4.90 Å². The third-order valence-corrected chi connectivity index (χ3v) is 4.36. The van der Waals surface area contributed by atoms with E-state index in [-0.39, 0.29) is 0 Å². The molecule has 0 saturated heterocycles. The average Bonchev–Trinajstić information content (AvgIpc) is 2.47. The van der Waals surface area contributed by atoms with Gasteiger partial charge >= 0.3 is 0 Å². The summed E-state index contributed by atoms with van der Waals surface area (Å²) in [5.74, 6) is 0. The fourth-order valence-corrected chi connectivity index (χ4v) is 2.80. The normalized spacial score (nSPS) is 18.9. The van der Waals surface area contributed by atoms with Gasteiger partial charge in [0.2, 0.25) is 0 Å². The lowest BCUT2D eigenvalue weighted by Crippen LogP contribution is -2.38. The summed E-state index contributed by atoms with van der Waals surface area (Å²) in [6.07, 6.45) is 3.71. The molecule has 106 valence electrons. The van der Waals surface area contributed by atoms with Crippen molar-refractivity contribution in [2.75, 3.05) is 19.6 Å². The molecule has 1 aromatic rings. The van der Waals surface area contributed by atoms with E-state index in [1.807, 2.05) is 6.92 Å². The van der Waals surface area contributed by atoms with Crippen LogP contribution in [0.15, 0.2) is 24.3 Å². The maximum absolute atomic E-state index is 10.2. The van der Waals surface area contributed by atoms with Gasteiger partial charge in [-0.1, -0.05) is 31.2 Å². The highest BCUT2D eigenvalue weighted by Gasteiger charge is 2.23. The van der Waals surface area contributed by atoms with Crippen LogP contribution in [0.25, 0.3) is 0 Å². The molecule has 0 radical (unpaired) electrons. The lowest BCUT2D eigenvalue weighted by Gasteiger charge is -2.30. The zero-order valence-electron chi connectivity index (χ0n) is 11.9. The van der Waals surface area contributed by atoms with E-state index in [9.17, 15) is 5.11 Å². The van der Waals surface area contributed by atoms with Crippen LogP contribution in [-0.4, -0.2) is 35.2 Å². The molecule has 2 rings (SSSR count). The molecule has 3 nitrogen and oxygen atoms in total. The Bertz CT molecular complexity index is 401. The van der Waals surface area contributed by atoms with Gasteiger partial charge in [0.05, 0.1) is 5.60 Å². The zero-order chi connectivity index (χ0) is 13.7. The minimum absolute atomic E-state index is 0.367. The van der Waals surface area contributed by atoms with Crippen molar-refractivity contribution < 1.29 is 5.11 Å². The van der Waals surface area contributed by atoms with E-state index in [2.05, 4.69) is 29.2 Å². The first kappa shape index (κ1) is 14.5. The SMILES string of the molecule is CCC(O)(CN)CCCN1CCc2ccccc2C1. The van der Waals surface area contributed by atoms with Crippen LogP contribution in [0.4, 0.5) is 0 Å². The molecule has 19 heavy (non-hydrogen) atoms. The highest BCUT2D eigenvalue weighted by atomic mass is 16.3. The molecule has 1 aromatic carbocycles. The van der Waals surface area contributed by atoms with Crippen molar-refractivity contribution in [3.8, 4) is 0 Å². The number of hydrogen-bond acceptors (Lipinski definition) is 3. The number of nitrogens with two attached hydrogens (primary N) is 1. The molecule has 1 unspecified atom stereocenters. The van der Waals surface area contributed by atoms with Crippen molar-refractivity contribution in [2.24, 2.45) is 5.73 Å². The minimum Gasteiger partial charge on any atom is -0.389 e. The first-order valence-electron chi connectivity index (χ1n) is 7.38. The lowest BCUT2D eigenvalue weighted by atomic mass is 9.94. The van der Waals surface area contributed by atoms with Crippen molar-refractivity contribution in [2.45, 2.75) is 44.8 Å². The standard InChI is InChI=1S/C16H26N2O/c1-2-16(19,13-17)9-5-10-18-11-8-14-6-3-4-7-15(14)12-18/h3-4,6-7,19H,2,5,8-13,17H2,1H3. The molecule has 0 bridgehead atoms. The van der Waals surface area contributed by atoms with E-state index in [0.717, 1.165) is 45.3 Å². The van der Waals surface area contributed by atoms with Gasteiger partial charge in [-0.3, -0.25) is 4.90 Å². The Morgan fingerprint density at radius 3 is 2.74 bits per heavy atom. The number of aliphatic hydroxyl groups is 1. The van der Waals surface area contributed by atoms with E-state index in [1.165, 1.54) is 11.1 Å². The fraction of sp³-hybridized carbons (Fsp3) is 0.625. The predicted molar refractivity (Wildman–Crippen MR) is 79.0 cm³/mol. The molecule has 3 N–H and O–H groups in total. The number of nitrogens with zero attached hydrogens (tertiary/aromatic N) is 1. The van der Waals surface area contributed by atoms with Gasteiger partial charge < -0.3 is 10.8 Å². The van der Waals surface area contributed by atoms with Gasteiger partial charge in [0.15, 0.2) is 0 Å².